The Balaban J connectivity index is 2.50. The number of hydrogen-bond donors (Lipinski definition) is 1. The third-order valence-corrected chi connectivity index (χ3v) is 2.23. The van der Waals surface area contributed by atoms with E-state index in [9.17, 15) is 9.32 Å². The number of phenolic OH excluding ortho intramolecular Hbond substituents is 1. The molecule has 0 radical (unpaired) electrons. The number of thioether (sulfide) groups is 1. The minimum Gasteiger partial charge on any atom is -0.508 e. The van der Waals surface area contributed by atoms with Crippen LogP contribution < -0.4 is 0 Å². The lowest BCUT2D eigenvalue weighted by molar-refractivity contribution is -0.179. The average molecular weight is 202 g/mol. The third kappa shape index (κ3) is 3.33. The number of rotatable bonds is 3. The molecular formula is C8H7FO3S. The Labute approximate surface area is 78.4 Å². The fourth-order valence-corrected chi connectivity index (χ4v) is 1.45. The van der Waals surface area contributed by atoms with Crippen molar-refractivity contribution in [2.24, 2.45) is 0 Å². The van der Waals surface area contributed by atoms with Gasteiger partial charge in [-0.2, -0.15) is 0 Å². The first-order valence-corrected chi connectivity index (χ1v) is 4.44. The lowest BCUT2D eigenvalue weighted by atomic mass is 10.3. The monoisotopic (exact) mass is 202 g/mol. The van der Waals surface area contributed by atoms with Gasteiger partial charge in [0, 0.05) is 9.42 Å². The topological polar surface area (TPSA) is 46.5 Å². The van der Waals surface area contributed by atoms with Gasteiger partial charge < -0.3 is 5.11 Å². The number of hydrogen-bond acceptors (Lipinski definition) is 4. The Morgan fingerprint density at radius 2 is 2.38 bits per heavy atom. The second-order valence-corrected chi connectivity index (χ2v) is 3.28. The van der Waals surface area contributed by atoms with Gasteiger partial charge in [-0.25, -0.2) is 4.79 Å². The molecule has 0 aliphatic carbocycles. The molecule has 0 amide bonds. The molecule has 3 nitrogen and oxygen atoms in total. The van der Waals surface area contributed by atoms with Crippen LogP contribution in [0.5, 0.6) is 5.75 Å². The van der Waals surface area contributed by atoms with E-state index in [4.69, 9.17) is 5.11 Å². The first-order chi connectivity index (χ1) is 6.22. The van der Waals surface area contributed by atoms with Crippen LogP contribution in [-0.2, 0) is 9.74 Å². The Hall–Kier alpha value is -1.23. The summed E-state index contributed by atoms with van der Waals surface area (Å²) in [5.74, 6) is -0.938. The average Bonchev–Trinajstić information content (AvgIpc) is 2.14. The molecular weight excluding hydrogens is 195 g/mol. The molecule has 0 unspecified atom stereocenters. The van der Waals surface area contributed by atoms with E-state index in [-0.39, 0.29) is 11.5 Å². The van der Waals surface area contributed by atoms with Crippen LogP contribution in [0.3, 0.4) is 0 Å². The third-order valence-electron chi connectivity index (χ3n) is 1.26. The summed E-state index contributed by atoms with van der Waals surface area (Å²) in [7, 11) is 0. The Morgan fingerprint density at radius 1 is 1.62 bits per heavy atom. The van der Waals surface area contributed by atoms with Gasteiger partial charge in [0.05, 0.1) is 5.75 Å². The van der Waals surface area contributed by atoms with E-state index in [1.165, 1.54) is 12.1 Å². The SMILES string of the molecule is O=C(CSc1cccc(O)c1)OF. The predicted molar refractivity (Wildman–Crippen MR) is 46.0 cm³/mol. The van der Waals surface area contributed by atoms with Gasteiger partial charge in [-0.15, -0.1) is 11.8 Å². The Morgan fingerprint density at radius 3 is 3.00 bits per heavy atom. The zero-order valence-corrected chi connectivity index (χ0v) is 7.38. The first kappa shape index (κ1) is 9.85. The van der Waals surface area contributed by atoms with E-state index in [1.54, 1.807) is 12.1 Å². The van der Waals surface area contributed by atoms with Crippen LogP contribution in [0.4, 0.5) is 4.53 Å². The van der Waals surface area contributed by atoms with Crippen LogP contribution in [0.2, 0.25) is 0 Å². The number of carbonyl (C=O) groups is 1. The zero-order valence-electron chi connectivity index (χ0n) is 6.57. The van der Waals surface area contributed by atoms with E-state index in [0.717, 1.165) is 11.8 Å². The molecule has 0 bridgehead atoms. The van der Waals surface area contributed by atoms with E-state index in [0.29, 0.717) is 4.90 Å². The van der Waals surface area contributed by atoms with Crippen molar-refractivity contribution in [3.05, 3.63) is 24.3 Å². The van der Waals surface area contributed by atoms with Crippen molar-refractivity contribution in [3.8, 4) is 5.75 Å². The molecule has 0 spiro atoms. The summed E-state index contributed by atoms with van der Waals surface area (Å²) in [4.78, 5) is 14.1. The molecule has 1 rings (SSSR count). The standard InChI is InChI=1S/C8H7FO3S/c9-12-8(11)5-13-7-3-1-2-6(10)4-7/h1-4,10H,5H2. The van der Waals surface area contributed by atoms with Gasteiger partial charge in [-0.1, -0.05) is 6.07 Å². The summed E-state index contributed by atoms with van der Waals surface area (Å²) in [5, 5.41) is 9.03. The maximum absolute atomic E-state index is 11.3. The molecule has 0 fully saturated rings. The van der Waals surface area contributed by atoms with Gasteiger partial charge in [0.1, 0.15) is 5.75 Å². The van der Waals surface area contributed by atoms with Crippen molar-refractivity contribution in [3.63, 3.8) is 0 Å². The Kier molecular flexibility index (Phi) is 3.57. The number of phenols is 1. The van der Waals surface area contributed by atoms with Crippen LogP contribution in [-0.4, -0.2) is 16.8 Å². The minimum absolute atomic E-state index is 0.110. The highest BCUT2D eigenvalue weighted by atomic mass is 32.2. The lowest BCUT2D eigenvalue weighted by Crippen LogP contribution is -1.99. The minimum atomic E-state index is -0.937. The highest BCUT2D eigenvalue weighted by molar-refractivity contribution is 8.00. The molecule has 1 N–H and O–H groups in total. The lowest BCUT2D eigenvalue weighted by Gasteiger charge is -1.98. The summed E-state index contributed by atoms with van der Waals surface area (Å²) >= 11 is 1.09. The molecule has 5 heteroatoms. The van der Waals surface area contributed by atoms with Gasteiger partial charge >= 0.3 is 5.97 Å². The van der Waals surface area contributed by atoms with Crippen LogP contribution in [0.25, 0.3) is 0 Å². The molecule has 13 heavy (non-hydrogen) atoms. The second kappa shape index (κ2) is 4.71. The molecule has 0 heterocycles. The van der Waals surface area contributed by atoms with Crippen LogP contribution in [0, 0.1) is 0 Å². The normalized spacial score (nSPS) is 9.62. The van der Waals surface area contributed by atoms with E-state index < -0.39 is 5.97 Å². The quantitative estimate of drug-likeness (QED) is 0.760. The van der Waals surface area contributed by atoms with Crippen molar-refractivity contribution in [1.82, 2.24) is 0 Å². The van der Waals surface area contributed by atoms with Gasteiger partial charge in [0.2, 0.25) is 0 Å². The van der Waals surface area contributed by atoms with E-state index in [2.05, 4.69) is 4.94 Å². The molecule has 0 saturated carbocycles. The molecule has 1 aromatic rings. The van der Waals surface area contributed by atoms with Crippen molar-refractivity contribution in [2.45, 2.75) is 4.90 Å². The molecule has 70 valence electrons. The smallest absolute Gasteiger partial charge is 0.358 e. The highest BCUT2D eigenvalue weighted by Gasteiger charge is 2.04. The van der Waals surface area contributed by atoms with E-state index >= 15 is 0 Å². The molecule has 0 saturated heterocycles. The summed E-state index contributed by atoms with van der Waals surface area (Å²) in [6.07, 6.45) is 0. The molecule has 0 atom stereocenters. The van der Waals surface area contributed by atoms with Crippen LogP contribution in [0.15, 0.2) is 29.2 Å². The number of benzene rings is 1. The largest absolute Gasteiger partial charge is 0.508 e. The predicted octanol–water partition coefficient (Wildman–Crippen LogP) is 1.91. The van der Waals surface area contributed by atoms with Crippen molar-refractivity contribution >= 4 is 17.7 Å². The second-order valence-electron chi connectivity index (χ2n) is 2.24. The van der Waals surface area contributed by atoms with Crippen molar-refractivity contribution < 1.29 is 19.4 Å². The van der Waals surface area contributed by atoms with Gasteiger partial charge in [0.25, 0.3) is 0 Å². The van der Waals surface area contributed by atoms with Crippen LogP contribution in [0.1, 0.15) is 0 Å². The van der Waals surface area contributed by atoms with Gasteiger partial charge in [0.15, 0.2) is 0 Å². The van der Waals surface area contributed by atoms with Gasteiger partial charge in [-0.05, 0) is 18.2 Å². The molecule has 0 aliphatic heterocycles. The maximum atomic E-state index is 11.3. The van der Waals surface area contributed by atoms with Crippen molar-refractivity contribution in [1.29, 1.82) is 0 Å². The van der Waals surface area contributed by atoms with E-state index in [1.807, 2.05) is 0 Å². The molecule has 0 aliphatic rings. The molecule has 0 aromatic heterocycles. The Bertz CT molecular complexity index is 303. The summed E-state index contributed by atoms with van der Waals surface area (Å²) < 4.78 is 11.3. The van der Waals surface area contributed by atoms with Crippen molar-refractivity contribution in [2.75, 3.05) is 5.75 Å². The number of halogens is 1. The number of carbonyl (C=O) groups excluding carboxylic acids is 1. The van der Waals surface area contributed by atoms with Crippen LogP contribution >= 0.6 is 11.8 Å². The number of aromatic hydroxyl groups is 1. The molecule has 1 aromatic carbocycles. The van der Waals surface area contributed by atoms with Gasteiger partial charge in [-0.3, -0.25) is 4.94 Å². The fraction of sp³-hybridized carbons (Fsp3) is 0.125. The summed E-state index contributed by atoms with van der Waals surface area (Å²) in [6.45, 7) is 0. The maximum Gasteiger partial charge on any atom is 0.358 e. The highest BCUT2D eigenvalue weighted by Crippen LogP contribution is 2.21. The fourth-order valence-electron chi connectivity index (χ4n) is 0.738. The first-order valence-electron chi connectivity index (χ1n) is 3.45. The summed E-state index contributed by atoms with van der Waals surface area (Å²) in [5.41, 5.74) is 0. The summed E-state index contributed by atoms with van der Waals surface area (Å²) in [6, 6.07) is 6.34. The zero-order chi connectivity index (χ0) is 9.68.